The summed E-state index contributed by atoms with van der Waals surface area (Å²) in [6, 6.07) is 4.63. The van der Waals surface area contributed by atoms with Crippen LogP contribution in [0.25, 0.3) is 0 Å². The molecule has 2 unspecified atom stereocenters. The summed E-state index contributed by atoms with van der Waals surface area (Å²) in [6.45, 7) is 4.90. The zero-order valence-electron chi connectivity index (χ0n) is 20.2. The van der Waals surface area contributed by atoms with E-state index in [2.05, 4.69) is 32.1 Å². The number of hydrogen-bond donors (Lipinski definition) is 2. The average Bonchev–Trinajstić information content (AvgIpc) is 3.13. The Morgan fingerprint density at radius 3 is 2.13 bits per heavy atom. The second-order valence-electron chi connectivity index (χ2n) is 8.36. The first-order valence-electron chi connectivity index (χ1n) is 11.3. The smallest absolute Gasteiger partial charge is 0.475 e. The van der Waals surface area contributed by atoms with Gasteiger partial charge in [0.2, 0.25) is 0 Å². The van der Waals surface area contributed by atoms with Gasteiger partial charge in [0.05, 0.1) is 36.8 Å². The van der Waals surface area contributed by atoms with Crippen LogP contribution in [0.5, 0.6) is 0 Å². The number of aromatic nitrogens is 3. The van der Waals surface area contributed by atoms with Crippen LogP contribution in [-0.4, -0.2) is 92.6 Å². The minimum atomic E-state index is -5.08. The van der Waals surface area contributed by atoms with E-state index >= 15 is 0 Å². The molecule has 0 aliphatic carbocycles. The normalized spacial score (nSPS) is 20.1. The van der Waals surface area contributed by atoms with Gasteiger partial charge in [-0.25, -0.2) is 9.59 Å². The number of anilines is 1. The van der Waals surface area contributed by atoms with E-state index in [1.54, 1.807) is 0 Å². The number of nitrogens with zero attached hydrogens (tertiary/aromatic N) is 5. The van der Waals surface area contributed by atoms with E-state index in [4.69, 9.17) is 24.5 Å². The zero-order chi connectivity index (χ0) is 28.5. The fourth-order valence-electron chi connectivity index (χ4n) is 3.95. The fourth-order valence-corrected chi connectivity index (χ4v) is 3.95. The maximum absolute atomic E-state index is 10.6. The standard InChI is InChI=1S/C18H25N5O.2C2HF3O2/c1-21-13-15(11-20-21)14-22-7-4-17-18(5-8-22)24-10-9-23(17)16-3-2-6-19-12-16;2*3-2(4,5)1(6)7/h2-3,6,11-13,17-18H,4-5,7-10,14H2,1H3;2*(H,6,7). The number of carboxylic acids is 2. The quantitative estimate of drug-likeness (QED) is 0.551. The minimum absolute atomic E-state index is 0.317. The number of aliphatic carboxylic acids is 2. The van der Waals surface area contributed by atoms with Crippen LogP contribution in [0.4, 0.5) is 32.0 Å². The third-order valence-electron chi connectivity index (χ3n) is 5.59. The van der Waals surface area contributed by atoms with E-state index in [0.29, 0.717) is 12.1 Å². The monoisotopic (exact) mass is 555 g/mol. The van der Waals surface area contributed by atoms with Crippen molar-refractivity contribution in [1.82, 2.24) is 19.7 Å². The number of alkyl halides is 6. The van der Waals surface area contributed by atoms with Gasteiger partial charge >= 0.3 is 24.3 Å². The van der Waals surface area contributed by atoms with Gasteiger partial charge in [0.1, 0.15) is 0 Å². The van der Waals surface area contributed by atoms with Crippen LogP contribution in [0, 0.1) is 0 Å². The van der Waals surface area contributed by atoms with Crippen molar-refractivity contribution < 1.29 is 50.9 Å². The zero-order valence-corrected chi connectivity index (χ0v) is 20.2. The Hall–Kier alpha value is -3.40. The summed E-state index contributed by atoms with van der Waals surface area (Å²) in [7, 11) is 1.97. The van der Waals surface area contributed by atoms with E-state index in [-0.39, 0.29) is 0 Å². The number of likely N-dealkylation sites (tertiary alicyclic amines) is 1. The molecule has 16 heteroatoms. The van der Waals surface area contributed by atoms with Crippen molar-refractivity contribution in [3.63, 3.8) is 0 Å². The van der Waals surface area contributed by atoms with Gasteiger partial charge in [-0.15, -0.1) is 0 Å². The first kappa shape index (κ1) is 30.8. The van der Waals surface area contributed by atoms with E-state index in [1.807, 2.05) is 36.4 Å². The van der Waals surface area contributed by atoms with Crippen molar-refractivity contribution in [3.05, 3.63) is 42.5 Å². The molecular formula is C22H27F6N5O5. The number of halogens is 6. The van der Waals surface area contributed by atoms with E-state index in [1.165, 1.54) is 11.3 Å². The number of carbonyl (C=O) groups is 2. The number of ether oxygens (including phenoxy) is 1. The average molecular weight is 555 g/mol. The molecule has 0 aromatic carbocycles. The van der Waals surface area contributed by atoms with Crippen LogP contribution in [0.15, 0.2) is 36.9 Å². The Balaban J connectivity index is 0.000000301. The topological polar surface area (TPSA) is 121 Å². The summed E-state index contributed by atoms with van der Waals surface area (Å²) in [5, 5.41) is 18.5. The summed E-state index contributed by atoms with van der Waals surface area (Å²) >= 11 is 0. The molecule has 0 radical (unpaired) electrons. The SMILES string of the molecule is Cn1cc(CN2CCC3OCCN(c4cccnc4)C3CC2)cn1.O=C(O)C(F)(F)F.O=C(O)C(F)(F)F. The molecule has 0 amide bonds. The molecule has 2 fully saturated rings. The predicted octanol–water partition coefficient (Wildman–Crippen LogP) is 2.95. The van der Waals surface area contributed by atoms with Crippen LogP contribution in [0.2, 0.25) is 0 Å². The molecule has 4 rings (SSSR count). The van der Waals surface area contributed by atoms with Gasteiger partial charge in [-0.05, 0) is 25.0 Å². The Kier molecular flexibility index (Phi) is 10.9. The van der Waals surface area contributed by atoms with Crippen LogP contribution >= 0.6 is 0 Å². The van der Waals surface area contributed by atoms with Crippen LogP contribution in [0.3, 0.4) is 0 Å². The summed E-state index contributed by atoms with van der Waals surface area (Å²) in [4.78, 5) is 27.1. The Labute approximate surface area is 213 Å². The lowest BCUT2D eigenvalue weighted by Crippen LogP contribution is -2.51. The highest BCUT2D eigenvalue weighted by Crippen LogP contribution is 2.28. The first-order chi connectivity index (χ1) is 17.7. The molecule has 2 aromatic rings. The highest BCUT2D eigenvalue weighted by atomic mass is 19.4. The Morgan fingerprint density at radius 1 is 1.03 bits per heavy atom. The van der Waals surface area contributed by atoms with Crippen molar-refractivity contribution in [2.75, 3.05) is 31.1 Å². The van der Waals surface area contributed by atoms with Gasteiger partial charge in [-0.2, -0.15) is 31.4 Å². The Morgan fingerprint density at radius 2 is 1.63 bits per heavy atom. The third kappa shape index (κ3) is 9.81. The first-order valence-corrected chi connectivity index (χ1v) is 11.3. The van der Waals surface area contributed by atoms with Gasteiger partial charge < -0.3 is 19.8 Å². The lowest BCUT2D eigenvalue weighted by molar-refractivity contribution is -0.193. The molecule has 2 atom stereocenters. The molecule has 2 saturated heterocycles. The summed E-state index contributed by atoms with van der Waals surface area (Å²) in [6.07, 6.45) is 0.247. The molecule has 2 N–H and O–H groups in total. The van der Waals surface area contributed by atoms with Crippen LogP contribution in [-0.2, 0) is 27.9 Å². The number of morpholine rings is 1. The van der Waals surface area contributed by atoms with E-state index in [0.717, 1.165) is 45.6 Å². The van der Waals surface area contributed by atoms with Crippen LogP contribution in [0.1, 0.15) is 18.4 Å². The molecule has 2 aliphatic heterocycles. The van der Waals surface area contributed by atoms with Gasteiger partial charge in [-0.1, -0.05) is 0 Å². The number of carboxylic acid groups (broad SMARTS) is 2. The number of pyridine rings is 1. The second kappa shape index (κ2) is 13.4. The predicted molar refractivity (Wildman–Crippen MR) is 120 cm³/mol. The van der Waals surface area contributed by atoms with Crippen molar-refractivity contribution >= 4 is 17.6 Å². The van der Waals surface area contributed by atoms with E-state index < -0.39 is 24.3 Å². The maximum Gasteiger partial charge on any atom is 0.490 e. The third-order valence-corrected chi connectivity index (χ3v) is 5.59. The number of aryl methyl sites for hydroxylation is 1. The van der Waals surface area contributed by atoms with E-state index in [9.17, 15) is 26.3 Å². The Bertz CT molecular complexity index is 1010. The molecule has 2 aliphatic rings. The molecule has 0 spiro atoms. The summed E-state index contributed by atoms with van der Waals surface area (Å²) in [5.41, 5.74) is 2.50. The molecular weight excluding hydrogens is 528 g/mol. The highest BCUT2D eigenvalue weighted by Gasteiger charge is 2.39. The summed E-state index contributed by atoms with van der Waals surface area (Å²) in [5.74, 6) is -5.51. The lowest BCUT2D eigenvalue weighted by atomic mass is 10.0. The van der Waals surface area contributed by atoms with Crippen molar-refractivity contribution in [2.45, 2.75) is 43.9 Å². The molecule has 4 heterocycles. The van der Waals surface area contributed by atoms with Crippen molar-refractivity contribution in [1.29, 1.82) is 0 Å². The van der Waals surface area contributed by atoms with Gasteiger partial charge in [0.25, 0.3) is 0 Å². The van der Waals surface area contributed by atoms with Crippen LogP contribution < -0.4 is 4.90 Å². The van der Waals surface area contributed by atoms with Crippen molar-refractivity contribution in [3.8, 4) is 0 Å². The van der Waals surface area contributed by atoms with Gasteiger partial charge in [0, 0.05) is 51.2 Å². The minimum Gasteiger partial charge on any atom is -0.475 e. The lowest BCUT2D eigenvalue weighted by Gasteiger charge is -2.41. The fraction of sp³-hybridized carbons (Fsp3) is 0.545. The van der Waals surface area contributed by atoms with Gasteiger partial charge in [0.15, 0.2) is 0 Å². The van der Waals surface area contributed by atoms with Crippen molar-refractivity contribution in [2.24, 2.45) is 7.05 Å². The maximum atomic E-state index is 10.6. The number of fused-ring (bicyclic) bond motifs is 1. The molecule has 212 valence electrons. The largest absolute Gasteiger partial charge is 0.490 e. The molecule has 38 heavy (non-hydrogen) atoms. The molecule has 2 aromatic heterocycles. The van der Waals surface area contributed by atoms with Gasteiger partial charge in [-0.3, -0.25) is 14.6 Å². The number of hydrogen-bond acceptors (Lipinski definition) is 7. The second-order valence-corrected chi connectivity index (χ2v) is 8.36. The molecule has 10 nitrogen and oxygen atoms in total. The summed E-state index contributed by atoms with van der Waals surface area (Å²) < 4.78 is 71.5. The number of rotatable bonds is 3. The molecule has 0 saturated carbocycles. The molecule has 0 bridgehead atoms. The highest BCUT2D eigenvalue weighted by molar-refractivity contribution is 5.73.